The van der Waals surface area contributed by atoms with E-state index >= 15 is 0 Å². The molecule has 0 radical (unpaired) electrons. The summed E-state index contributed by atoms with van der Waals surface area (Å²) in [6.07, 6.45) is -6.88. The van der Waals surface area contributed by atoms with Crippen LogP contribution in [0.3, 0.4) is 0 Å². The molecule has 0 aliphatic carbocycles. The number of carboxylic acids is 2. The van der Waals surface area contributed by atoms with Gasteiger partial charge in [-0.25, -0.2) is 33.4 Å². The van der Waals surface area contributed by atoms with E-state index in [0.29, 0.717) is 5.75 Å². The summed E-state index contributed by atoms with van der Waals surface area (Å²) in [6, 6.07) is 0. The van der Waals surface area contributed by atoms with Gasteiger partial charge < -0.3 is 61.1 Å². The number of aliphatic hydroxyl groups is 2. The van der Waals surface area contributed by atoms with E-state index in [1.165, 1.54) is 20.8 Å². The molecule has 0 aromatic carbocycles. The minimum Gasteiger partial charge on any atom is -0.481 e. The molecule has 29 nitrogen and oxygen atoms in total. The maximum Gasteiger partial charge on any atom is 0.481 e. The lowest BCUT2D eigenvalue weighted by molar-refractivity contribution is -0.148. The maximum absolute atomic E-state index is 12.6. The molecule has 346 valence electrons. The molecule has 1 aliphatic heterocycles. The summed E-state index contributed by atoms with van der Waals surface area (Å²) in [4.78, 5) is 114. The smallest absolute Gasteiger partial charge is 0.481 e. The van der Waals surface area contributed by atoms with Gasteiger partial charge in [0.1, 0.15) is 36.3 Å². The zero-order chi connectivity index (χ0) is 47.1. The average molecular weight is 958 g/mol. The fraction of sp³-hybridized carbons (Fsp3) is 0.607. The van der Waals surface area contributed by atoms with Gasteiger partial charge in [0, 0.05) is 51.4 Å². The lowest BCUT2D eigenvalue weighted by Gasteiger charge is -2.30. The number of hydrogen-bond acceptors (Lipinski definition) is 21. The summed E-state index contributed by atoms with van der Waals surface area (Å²) in [5.74, 6) is -4.12. The number of nitrogens with two attached hydrogens (primary N) is 1. The molecule has 3 unspecified atom stereocenters. The number of aliphatic carboxylic acids is 2. The Hall–Kier alpha value is -3.83. The van der Waals surface area contributed by atoms with E-state index in [9.17, 15) is 67.5 Å². The van der Waals surface area contributed by atoms with Crippen molar-refractivity contribution in [3.8, 4) is 0 Å². The van der Waals surface area contributed by atoms with Crippen LogP contribution in [0.1, 0.15) is 47.3 Å². The molecule has 3 heterocycles. The van der Waals surface area contributed by atoms with E-state index in [-0.39, 0.29) is 41.6 Å². The van der Waals surface area contributed by atoms with Crippen LogP contribution in [0.15, 0.2) is 12.7 Å². The Morgan fingerprint density at radius 3 is 2.08 bits per heavy atom. The third kappa shape index (κ3) is 20.3. The van der Waals surface area contributed by atoms with Gasteiger partial charge in [0.15, 0.2) is 22.8 Å². The van der Waals surface area contributed by atoms with E-state index in [4.69, 9.17) is 34.5 Å². The molecule has 2 amide bonds. The highest BCUT2D eigenvalue weighted by Crippen LogP contribution is 2.61. The van der Waals surface area contributed by atoms with Crippen molar-refractivity contribution in [2.45, 2.75) is 71.7 Å². The van der Waals surface area contributed by atoms with E-state index in [0.717, 1.165) is 42.8 Å². The maximum atomic E-state index is 12.6. The summed E-state index contributed by atoms with van der Waals surface area (Å²) in [7, 11) is -16.4. The highest BCUT2D eigenvalue weighted by atomic mass is 32.2. The fourth-order valence-corrected chi connectivity index (χ4v) is 7.65. The minimum absolute atomic E-state index is 0.0310. The van der Waals surface area contributed by atoms with Crippen molar-refractivity contribution in [1.82, 2.24) is 30.2 Å². The zero-order valence-corrected chi connectivity index (χ0v) is 36.2. The highest BCUT2D eigenvalue weighted by Gasteiger charge is 2.50. The molecule has 0 saturated carbocycles. The van der Waals surface area contributed by atoms with Gasteiger partial charge in [-0.1, -0.05) is 25.6 Å². The first-order valence-electron chi connectivity index (χ1n) is 16.9. The normalized spacial score (nSPS) is 20.0. The molecule has 2 aromatic rings. The van der Waals surface area contributed by atoms with Crippen LogP contribution in [0, 0.1) is 5.41 Å². The second kappa shape index (κ2) is 24.1. The van der Waals surface area contributed by atoms with Crippen LogP contribution < -0.4 is 16.4 Å². The lowest BCUT2D eigenvalue weighted by Crippen LogP contribution is -2.46. The molecule has 12 N–H and O–H groups in total. The van der Waals surface area contributed by atoms with Gasteiger partial charge in [-0.2, -0.15) is 4.31 Å². The molecule has 0 bridgehead atoms. The van der Waals surface area contributed by atoms with Crippen molar-refractivity contribution < 1.29 is 105 Å². The van der Waals surface area contributed by atoms with Crippen molar-refractivity contribution in [3.05, 3.63) is 12.7 Å². The Kier molecular flexibility index (Phi) is 21.8. The number of nitrogens with one attached hydrogen (secondary N) is 2. The SMILES string of the molecule is CC(=O)C(=O)O.CC(=O)O.CC(=O)SCCNC(=O)CCNC(=O)C(O)C(C)(C)COP(=O)(O)OP(=O)(O)OC[C@H]1O[C@@H](n2cnc3c(N)ncnc32)[C@H](O)[C@@H]1OP(=O)(O)O. The standard InChI is InChI=1S/C23H38N7O17P3S.C3H4O3.C2H4O2/c1-12(31)51-7-6-25-14(32)4-5-26-21(35)18(34)23(2,3)9-44-50(41,42)47-49(39,40)43-8-13-17(46-48(36,37)38)16(33)22(45-13)30-11-29-15-19(24)27-10-28-20(15)30;1-2(4)3(5)6;1-2(3)4/h10-11,13,16-18,22,33-34H,4-9H2,1-3H3,(H,25,32)(H,26,35)(H,39,40)(H,41,42)(H2,24,27,28)(H2,36,37,38);1H3,(H,5,6);1H3,(H,3,4)/t13-,16-,17-,18?,22-;;/m1../s1. The Balaban J connectivity index is 0.00000166. The summed E-state index contributed by atoms with van der Waals surface area (Å²) in [5.41, 5.74) is 4.26. The third-order valence-corrected chi connectivity index (χ3v) is 11.0. The van der Waals surface area contributed by atoms with Gasteiger partial charge in [-0.05, 0) is 0 Å². The largest absolute Gasteiger partial charge is 0.481 e. The van der Waals surface area contributed by atoms with Crippen LogP contribution in [0.4, 0.5) is 5.82 Å². The van der Waals surface area contributed by atoms with Crippen LogP contribution in [-0.4, -0.2) is 151 Å². The zero-order valence-electron chi connectivity index (χ0n) is 32.7. The highest BCUT2D eigenvalue weighted by molar-refractivity contribution is 8.13. The van der Waals surface area contributed by atoms with Crippen LogP contribution >= 0.6 is 35.2 Å². The number of nitrogen functional groups attached to an aromatic ring is 1. The first-order valence-corrected chi connectivity index (χ1v) is 22.4. The monoisotopic (exact) mass is 957 g/mol. The van der Waals surface area contributed by atoms with Crippen LogP contribution in [0.5, 0.6) is 0 Å². The number of phosphoric ester groups is 3. The third-order valence-electron chi connectivity index (χ3n) is 7.11. The van der Waals surface area contributed by atoms with E-state index in [1.54, 1.807) is 0 Å². The second-order valence-electron chi connectivity index (χ2n) is 12.8. The number of ether oxygens (including phenoxy) is 1. The second-order valence-corrected chi connectivity index (χ2v) is 18.3. The van der Waals surface area contributed by atoms with Crippen molar-refractivity contribution in [3.63, 3.8) is 0 Å². The number of phosphoric acid groups is 3. The Morgan fingerprint density at radius 2 is 1.54 bits per heavy atom. The number of fused-ring (bicyclic) bond motifs is 1. The number of ketones is 1. The first kappa shape index (κ1) is 55.2. The van der Waals surface area contributed by atoms with Crippen molar-refractivity contribution in [1.29, 1.82) is 0 Å². The van der Waals surface area contributed by atoms with Gasteiger partial charge in [-0.3, -0.25) is 42.1 Å². The van der Waals surface area contributed by atoms with Crippen molar-refractivity contribution in [2.24, 2.45) is 5.41 Å². The van der Waals surface area contributed by atoms with Gasteiger partial charge in [0.2, 0.25) is 17.6 Å². The van der Waals surface area contributed by atoms with Crippen LogP contribution in [-0.2, 0) is 65.1 Å². The number of carbonyl (C=O) groups is 6. The van der Waals surface area contributed by atoms with Gasteiger partial charge in [-0.15, -0.1) is 0 Å². The number of nitrogens with zero attached hydrogens (tertiary/aromatic N) is 4. The van der Waals surface area contributed by atoms with Crippen LogP contribution in [0.2, 0.25) is 0 Å². The predicted molar refractivity (Wildman–Crippen MR) is 204 cm³/mol. The number of rotatable bonds is 20. The number of imidazole rings is 1. The lowest BCUT2D eigenvalue weighted by atomic mass is 9.87. The number of aliphatic hydroxyl groups excluding tert-OH is 2. The van der Waals surface area contributed by atoms with E-state index in [1.807, 2.05) is 0 Å². The molecule has 61 heavy (non-hydrogen) atoms. The molecule has 1 fully saturated rings. The molecule has 1 saturated heterocycles. The average Bonchev–Trinajstić information content (AvgIpc) is 3.68. The Bertz CT molecular complexity index is 2000. The van der Waals surface area contributed by atoms with Gasteiger partial charge in [0.25, 0.3) is 5.97 Å². The Labute approximate surface area is 349 Å². The topological polar surface area (TPSA) is 455 Å². The molecule has 3 rings (SSSR count). The quantitative estimate of drug-likeness (QED) is 0.0406. The number of thioether (sulfide) groups is 1. The van der Waals surface area contributed by atoms with Gasteiger partial charge in [0.05, 0.1) is 19.5 Å². The van der Waals surface area contributed by atoms with Crippen molar-refractivity contribution >= 4 is 86.9 Å². The summed E-state index contributed by atoms with van der Waals surface area (Å²) < 4.78 is 61.8. The van der Waals surface area contributed by atoms with E-state index < -0.39 is 102 Å². The Morgan fingerprint density at radius 1 is 0.967 bits per heavy atom. The summed E-state index contributed by atoms with van der Waals surface area (Å²) in [6.45, 7) is 3.99. The molecule has 0 spiro atoms. The summed E-state index contributed by atoms with van der Waals surface area (Å²) in [5, 5.41) is 41.1. The number of anilines is 1. The molecule has 1 aliphatic rings. The molecule has 33 heteroatoms. The number of amides is 2. The minimum atomic E-state index is -5.56. The van der Waals surface area contributed by atoms with E-state index in [2.05, 4.69) is 34.4 Å². The fourth-order valence-electron chi connectivity index (χ4n) is 4.32. The number of carbonyl (C=O) groups excluding carboxylic acids is 4. The first-order chi connectivity index (χ1) is 27.9. The number of Topliss-reactive ketones (excluding diaryl/α,β-unsaturated/α-hetero) is 1. The number of hydrogen-bond donors (Lipinski definition) is 11. The molecular formula is C28H46N7O22P3S. The van der Waals surface area contributed by atoms with Crippen molar-refractivity contribution in [2.75, 3.05) is 37.8 Å². The van der Waals surface area contributed by atoms with Crippen LogP contribution in [0.25, 0.3) is 11.2 Å². The number of aromatic nitrogens is 4. The molecule has 7 atom stereocenters. The van der Waals surface area contributed by atoms with Gasteiger partial charge >= 0.3 is 29.4 Å². The predicted octanol–water partition coefficient (Wildman–Crippen LogP) is -1.56. The molecule has 2 aromatic heterocycles. The number of carboxylic acid groups (broad SMARTS) is 2. The molecular weight excluding hydrogens is 911 g/mol. The summed E-state index contributed by atoms with van der Waals surface area (Å²) >= 11 is 1.03.